The van der Waals surface area contributed by atoms with E-state index < -0.39 is 0 Å². The van der Waals surface area contributed by atoms with Crippen molar-refractivity contribution in [3.05, 3.63) is 11.9 Å². The van der Waals surface area contributed by atoms with Crippen molar-refractivity contribution < 1.29 is 0 Å². The molecule has 0 aromatic carbocycles. The Morgan fingerprint density at radius 3 is 2.44 bits per heavy atom. The molecule has 0 fully saturated rings. The molecule has 0 saturated heterocycles. The van der Waals surface area contributed by atoms with Gasteiger partial charge in [-0.05, 0) is 24.7 Å². The van der Waals surface area contributed by atoms with Gasteiger partial charge in [0.2, 0.25) is 0 Å². The van der Waals surface area contributed by atoms with Gasteiger partial charge >= 0.3 is 0 Å². The summed E-state index contributed by atoms with van der Waals surface area (Å²) < 4.78 is 1.98. The summed E-state index contributed by atoms with van der Waals surface area (Å²) in [6.07, 6.45) is 4.55. The molecule has 1 aromatic heterocycles. The standard InChI is InChI=1S/C13H25N3/c1-10(2)7-6-8-16-9-13(14-15-16)12(5)11(3)4/h9-12H,6-8H2,1-5H3. The van der Waals surface area contributed by atoms with Crippen molar-refractivity contribution in [3.8, 4) is 0 Å². The maximum absolute atomic E-state index is 4.25. The maximum Gasteiger partial charge on any atom is 0.0857 e. The lowest BCUT2D eigenvalue weighted by Crippen LogP contribution is -2.02. The first kappa shape index (κ1) is 13.2. The first-order valence-electron chi connectivity index (χ1n) is 6.40. The monoisotopic (exact) mass is 223 g/mol. The number of hydrogen-bond acceptors (Lipinski definition) is 2. The molecule has 0 aliphatic rings. The van der Waals surface area contributed by atoms with E-state index in [-0.39, 0.29) is 0 Å². The van der Waals surface area contributed by atoms with Crippen LogP contribution in [-0.4, -0.2) is 15.0 Å². The van der Waals surface area contributed by atoms with Gasteiger partial charge in [0.15, 0.2) is 0 Å². The highest BCUT2D eigenvalue weighted by molar-refractivity contribution is 5.01. The first-order chi connectivity index (χ1) is 7.50. The van der Waals surface area contributed by atoms with Crippen LogP contribution in [0.4, 0.5) is 0 Å². The molecule has 0 N–H and O–H groups in total. The number of nitrogens with zero attached hydrogens (tertiary/aromatic N) is 3. The van der Waals surface area contributed by atoms with Crippen molar-refractivity contribution in [2.24, 2.45) is 11.8 Å². The second kappa shape index (κ2) is 6.02. The molecule has 0 bridgehead atoms. The second-order valence-electron chi connectivity index (χ2n) is 5.48. The molecular weight excluding hydrogens is 198 g/mol. The predicted octanol–water partition coefficient (Wildman–Crippen LogP) is 3.47. The Bertz CT molecular complexity index is 302. The minimum atomic E-state index is 0.499. The Morgan fingerprint density at radius 2 is 1.88 bits per heavy atom. The highest BCUT2D eigenvalue weighted by Crippen LogP contribution is 2.20. The summed E-state index contributed by atoms with van der Waals surface area (Å²) in [7, 11) is 0. The van der Waals surface area contributed by atoms with Gasteiger partial charge in [-0.2, -0.15) is 0 Å². The summed E-state index contributed by atoms with van der Waals surface area (Å²) in [5.41, 5.74) is 1.12. The minimum absolute atomic E-state index is 0.499. The van der Waals surface area contributed by atoms with Crippen molar-refractivity contribution in [1.82, 2.24) is 15.0 Å². The Kier molecular flexibility index (Phi) is 4.97. The fourth-order valence-corrected chi connectivity index (χ4v) is 1.63. The van der Waals surface area contributed by atoms with Crippen LogP contribution in [0.15, 0.2) is 6.20 Å². The summed E-state index contributed by atoms with van der Waals surface area (Å²) in [5.74, 6) is 1.90. The highest BCUT2D eigenvalue weighted by atomic mass is 15.4. The van der Waals surface area contributed by atoms with Gasteiger partial charge in [0.1, 0.15) is 0 Å². The Balaban J connectivity index is 2.45. The van der Waals surface area contributed by atoms with E-state index >= 15 is 0 Å². The van der Waals surface area contributed by atoms with Gasteiger partial charge in [-0.3, -0.25) is 4.68 Å². The van der Waals surface area contributed by atoms with Crippen LogP contribution in [0.5, 0.6) is 0 Å². The summed E-state index contributed by atoms with van der Waals surface area (Å²) in [5, 5.41) is 8.43. The molecule has 0 radical (unpaired) electrons. The number of hydrogen-bond donors (Lipinski definition) is 0. The van der Waals surface area contributed by atoms with Crippen molar-refractivity contribution >= 4 is 0 Å². The number of aromatic nitrogens is 3. The average Bonchev–Trinajstić information content (AvgIpc) is 2.64. The predicted molar refractivity (Wildman–Crippen MR) is 67.3 cm³/mol. The fourth-order valence-electron chi connectivity index (χ4n) is 1.63. The minimum Gasteiger partial charge on any atom is -0.252 e. The molecule has 0 saturated carbocycles. The molecule has 1 aromatic rings. The molecular formula is C13H25N3. The lowest BCUT2D eigenvalue weighted by molar-refractivity contribution is 0.482. The summed E-state index contributed by atoms with van der Waals surface area (Å²) in [6, 6.07) is 0. The molecule has 0 aliphatic heterocycles. The summed E-state index contributed by atoms with van der Waals surface area (Å²) in [4.78, 5) is 0. The van der Waals surface area contributed by atoms with Crippen molar-refractivity contribution in [2.45, 2.75) is 59.9 Å². The topological polar surface area (TPSA) is 30.7 Å². The van der Waals surface area contributed by atoms with Gasteiger partial charge in [-0.1, -0.05) is 39.8 Å². The van der Waals surface area contributed by atoms with E-state index in [0.29, 0.717) is 11.8 Å². The van der Waals surface area contributed by atoms with E-state index in [0.717, 1.165) is 18.2 Å². The Hall–Kier alpha value is -0.860. The smallest absolute Gasteiger partial charge is 0.0857 e. The first-order valence-corrected chi connectivity index (χ1v) is 6.40. The van der Waals surface area contributed by atoms with Gasteiger partial charge in [0.25, 0.3) is 0 Å². The third kappa shape index (κ3) is 3.95. The molecule has 0 amide bonds. The van der Waals surface area contributed by atoms with E-state index in [2.05, 4.69) is 51.1 Å². The van der Waals surface area contributed by atoms with Gasteiger partial charge < -0.3 is 0 Å². The van der Waals surface area contributed by atoms with Crippen molar-refractivity contribution in [1.29, 1.82) is 0 Å². The van der Waals surface area contributed by atoms with Crippen molar-refractivity contribution in [3.63, 3.8) is 0 Å². The maximum atomic E-state index is 4.25. The largest absolute Gasteiger partial charge is 0.252 e. The molecule has 1 atom stereocenters. The van der Waals surface area contributed by atoms with Gasteiger partial charge in [-0.15, -0.1) is 5.10 Å². The van der Waals surface area contributed by atoms with Crippen molar-refractivity contribution in [2.75, 3.05) is 0 Å². The van der Waals surface area contributed by atoms with E-state index in [1.807, 2.05) is 4.68 Å². The number of rotatable bonds is 6. The van der Waals surface area contributed by atoms with Crippen LogP contribution in [0.2, 0.25) is 0 Å². The third-order valence-corrected chi connectivity index (χ3v) is 3.19. The quantitative estimate of drug-likeness (QED) is 0.739. The Labute approximate surface area is 99.2 Å². The van der Waals surface area contributed by atoms with E-state index in [4.69, 9.17) is 0 Å². The molecule has 3 nitrogen and oxygen atoms in total. The van der Waals surface area contributed by atoms with Crippen LogP contribution in [-0.2, 0) is 6.54 Å². The summed E-state index contributed by atoms with van der Waals surface area (Å²) >= 11 is 0. The van der Waals surface area contributed by atoms with Crippen LogP contribution >= 0.6 is 0 Å². The molecule has 1 heterocycles. The average molecular weight is 223 g/mol. The van der Waals surface area contributed by atoms with E-state index in [1.54, 1.807) is 0 Å². The zero-order valence-electron chi connectivity index (χ0n) is 11.3. The lowest BCUT2D eigenvalue weighted by Gasteiger charge is -2.10. The summed E-state index contributed by atoms with van der Waals surface area (Å²) in [6.45, 7) is 12.2. The van der Waals surface area contributed by atoms with Crippen LogP contribution in [0.3, 0.4) is 0 Å². The molecule has 1 rings (SSSR count). The fraction of sp³-hybridized carbons (Fsp3) is 0.846. The molecule has 1 unspecified atom stereocenters. The van der Waals surface area contributed by atoms with E-state index in [9.17, 15) is 0 Å². The SMILES string of the molecule is CC(C)CCCn1cc(C(C)C(C)C)nn1. The molecule has 0 spiro atoms. The van der Waals surface area contributed by atoms with Crippen LogP contribution in [0.1, 0.15) is 59.1 Å². The van der Waals surface area contributed by atoms with Gasteiger partial charge in [-0.25, -0.2) is 0 Å². The zero-order chi connectivity index (χ0) is 12.1. The second-order valence-corrected chi connectivity index (χ2v) is 5.48. The molecule has 3 heteroatoms. The van der Waals surface area contributed by atoms with Gasteiger partial charge in [0.05, 0.1) is 5.69 Å². The van der Waals surface area contributed by atoms with Crippen LogP contribution in [0.25, 0.3) is 0 Å². The third-order valence-electron chi connectivity index (χ3n) is 3.19. The molecule has 92 valence electrons. The van der Waals surface area contributed by atoms with E-state index in [1.165, 1.54) is 12.8 Å². The molecule has 0 aliphatic carbocycles. The van der Waals surface area contributed by atoms with Crippen LogP contribution < -0.4 is 0 Å². The normalized spacial score (nSPS) is 13.7. The highest BCUT2D eigenvalue weighted by Gasteiger charge is 2.13. The van der Waals surface area contributed by atoms with Gasteiger partial charge in [0, 0.05) is 18.7 Å². The molecule has 16 heavy (non-hydrogen) atoms. The Morgan fingerprint density at radius 1 is 1.19 bits per heavy atom. The zero-order valence-corrected chi connectivity index (χ0v) is 11.3. The number of aryl methyl sites for hydroxylation is 1. The van der Waals surface area contributed by atoms with Crippen LogP contribution in [0, 0.1) is 11.8 Å². The lowest BCUT2D eigenvalue weighted by atomic mass is 9.95.